The molecule has 1 rings (SSSR count). The Morgan fingerprint density at radius 1 is 1.08 bits per heavy atom. The summed E-state index contributed by atoms with van der Waals surface area (Å²) in [6, 6.07) is 0. The van der Waals surface area contributed by atoms with Gasteiger partial charge in [-0.1, -0.05) is 34.1 Å². The highest BCUT2D eigenvalue weighted by Gasteiger charge is 2.06. The van der Waals surface area contributed by atoms with Crippen molar-refractivity contribution in [3.63, 3.8) is 0 Å². The minimum atomic E-state index is 0. The highest BCUT2D eigenvalue weighted by molar-refractivity contribution is 4.59. The van der Waals surface area contributed by atoms with Crippen molar-refractivity contribution in [3.8, 4) is 0 Å². The number of likely N-dealkylation sites (tertiary alicyclic amines) is 1. The maximum atomic E-state index is 8.62. The molecule has 0 aromatic heterocycles. The van der Waals surface area contributed by atoms with Crippen LogP contribution in [0.2, 0.25) is 0 Å². The zero-order valence-electron chi connectivity index (χ0n) is 7.84. The molecule has 0 atom stereocenters. The van der Waals surface area contributed by atoms with Crippen molar-refractivity contribution < 1.29 is 5.11 Å². The molecule has 12 heavy (non-hydrogen) atoms. The Hall–Kier alpha value is -0.0800. The van der Waals surface area contributed by atoms with Crippen molar-refractivity contribution in [1.29, 1.82) is 0 Å². The molecule has 1 saturated heterocycles. The summed E-state index contributed by atoms with van der Waals surface area (Å²) < 4.78 is 0. The van der Waals surface area contributed by atoms with Crippen LogP contribution in [0, 0.1) is 0 Å². The van der Waals surface area contributed by atoms with E-state index in [2.05, 4.69) is 18.7 Å². The smallest absolute Gasteiger partial charge is 0.0956 e. The molecule has 0 unspecified atom stereocenters. The van der Waals surface area contributed by atoms with Crippen LogP contribution in [0.5, 0.6) is 0 Å². The minimum absolute atomic E-state index is 0. The molecular weight excluding hydrogens is 150 g/mol. The fourth-order valence-electron chi connectivity index (χ4n) is 1.10. The maximum absolute atomic E-state index is 8.62. The Balaban J connectivity index is 0. The number of hydrogen-bond donors (Lipinski definition) is 1. The van der Waals surface area contributed by atoms with Crippen molar-refractivity contribution in [2.75, 3.05) is 19.8 Å². The van der Waals surface area contributed by atoms with Gasteiger partial charge in [0.1, 0.15) is 0 Å². The average molecular weight is 175 g/mol. The van der Waals surface area contributed by atoms with Gasteiger partial charge in [-0.15, -0.1) is 0 Å². The first-order valence-corrected chi connectivity index (χ1v) is 4.68. The molecule has 0 bridgehead atoms. The second-order valence-corrected chi connectivity index (χ2v) is 3.03. The Kier molecular flexibility index (Phi) is 13.1. The highest BCUT2D eigenvalue weighted by Crippen LogP contribution is 2.06. The Morgan fingerprint density at radius 2 is 1.50 bits per heavy atom. The Bertz CT molecular complexity index is 70.2. The molecule has 1 aliphatic heterocycles. The molecule has 0 spiro atoms. The van der Waals surface area contributed by atoms with E-state index in [0.717, 1.165) is 13.1 Å². The normalized spacial score (nSPS) is 17.2. The average Bonchev–Trinajstić information content (AvgIpc) is 2.08. The summed E-state index contributed by atoms with van der Waals surface area (Å²) in [5.74, 6) is 0. The van der Waals surface area contributed by atoms with Crippen LogP contribution in [0.4, 0.5) is 0 Å². The lowest BCUT2D eigenvalue weighted by Gasteiger charge is -2.23. The number of piperidine rings is 1. The molecule has 1 fully saturated rings. The van der Waals surface area contributed by atoms with Crippen molar-refractivity contribution in [2.45, 2.75) is 47.0 Å². The number of aliphatic hydroxyl groups excluding tert-OH is 1. The highest BCUT2D eigenvalue weighted by atomic mass is 16.3. The van der Waals surface area contributed by atoms with E-state index < -0.39 is 0 Å². The summed E-state index contributed by atoms with van der Waals surface area (Å²) >= 11 is 0. The van der Waals surface area contributed by atoms with E-state index in [-0.39, 0.29) is 14.2 Å². The van der Waals surface area contributed by atoms with Crippen LogP contribution in [0.1, 0.15) is 47.0 Å². The van der Waals surface area contributed by atoms with Gasteiger partial charge in [0.25, 0.3) is 0 Å². The van der Waals surface area contributed by atoms with Gasteiger partial charge in [0.2, 0.25) is 0 Å². The van der Waals surface area contributed by atoms with Crippen LogP contribution in [0.25, 0.3) is 0 Å². The van der Waals surface area contributed by atoms with Crippen molar-refractivity contribution in [3.05, 3.63) is 0 Å². The van der Waals surface area contributed by atoms with E-state index >= 15 is 0 Å². The zero-order chi connectivity index (χ0) is 8.53. The summed E-state index contributed by atoms with van der Waals surface area (Å²) in [5, 5.41) is 8.62. The second-order valence-electron chi connectivity index (χ2n) is 3.03. The first kappa shape index (κ1) is 14.4. The topological polar surface area (TPSA) is 23.5 Å². The van der Waals surface area contributed by atoms with E-state index in [4.69, 9.17) is 5.11 Å². The molecule has 0 aromatic carbocycles. The van der Waals surface area contributed by atoms with Crippen molar-refractivity contribution in [2.24, 2.45) is 0 Å². The van der Waals surface area contributed by atoms with Crippen LogP contribution >= 0.6 is 0 Å². The number of hydrogen-bond acceptors (Lipinski definition) is 2. The third kappa shape index (κ3) is 8.02. The third-order valence-electron chi connectivity index (χ3n) is 1.65. The van der Waals surface area contributed by atoms with Gasteiger partial charge in [0, 0.05) is 13.1 Å². The van der Waals surface area contributed by atoms with E-state index in [9.17, 15) is 0 Å². The number of aliphatic hydroxyl groups is 1. The monoisotopic (exact) mass is 175 g/mol. The molecule has 2 heteroatoms. The molecule has 0 aromatic rings. The number of rotatable bonds is 1. The molecular formula is C10H25NO. The summed E-state index contributed by atoms with van der Waals surface area (Å²) in [6.45, 7) is 6.69. The van der Waals surface area contributed by atoms with Gasteiger partial charge < -0.3 is 5.11 Å². The summed E-state index contributed by atoms with van der Waals surface area (Å²) in [6.07, 6.45) is 5.12. The van der Waals surface area contributed by atoms with Crippen molar-refractivity contribution >= 4 is 0 Å². The standard InChI is InChI=1S/C6H13NO.C3H8.CH4/c8-6-7-4-2-1-3-5-7;1-3-2;/h8H,1-6H2;3H2,1-2H3;1H4. The molecule has 1 N–H and O–H groups in total. The van der Waals surface area contributed by atoms with Gasteiger partial charge in [-0.25, -0.2) is 0 Å². The van der Waals surface area contributed by atoms with Gasteiger partial charge in [-0.2, -0.15) is 0 Å². The molecule has 2 nitrogen and oxygen atoms in total. The lowest BCUT2D eigenvalue weighted by molar-refractivity contribution is 0.0896. The molecule has 1 heterocycles. The summed E-state index contributed by atoms with van der Waals surface area (Å²) in [5.41, 5.74) is 0. The van der Waals surface area contributed by atoms with Crippen LogP contribution in [0.3, 0.4) is 0 Å². The fourth-order valence-corrected chi connectivity index (χ4v) is 1.10. The summed E-state index contributed by atoms with van der Waals surface area (Å²) in [7, 11) is 0. The van der Waals surface area contributed by atoms with Crippen LogP contribution in [0.15, 0.2) is 0 Å². The zero-order valence-corrected chi connectivity index (χ0v) is 7.84. The predicted octanol–water partition coefficient (Wildman–Crippen LogP) is 2.47. The lowest BCUT2D eigenvalue weighted by Crippen LogP contribution is -2.30. The lowest BCUT2D eigenvalue weighted by atomic mass is 10.1. The second kappa shape index (κ2) is 10.9. The molecule has 0 radical (unpaired) electrons. The third-order valence-corrected chi connectivity index (χ3v) is 1.65. The quantitative estimate of drug-likeness (QED) is 0.662. The maximum Gasteiger partial charge on any atom is 0.0956 e. The van der Waals surface area contributed by atoms with Gasteiger partial charge in [0.15, 0.2) is 0 Å². The first-order chi connectivity index (χ1) is 5.35. The molecule has 1 aliphatic rings. The number of nitrogens with zero attached hydrogens (tertiary/aromatic N) is 1. The van der Waals surface area contributed by atoms with Gasteiger partial charge in [-0.3, -0.25) is 4.90 Å². The minimum Gasteiger partial charge on any atom is -0.381 e. The van der Waals surface area contributed by atoms with Crippen LogP contribution in [-0.2, 0) is 0 Å². The largest absolute Gasteiger partial charge is 0.381 e. The molecule has 0 saturated carbocycles. The molecule has 0 aliphatic carbocycles. The summed E-state index contributed by atoms with van der Waals surface area (Å²) in [4.78, 5) is 2.07. The molecule has 0 amide bonds. The van der Waals surface area contributed by atoms with Crippen LogP contribution in [-0.4, -0.2) is 29.8 Å². The Labute approximate surface area is 77.6 Å². The van der Waals surface area contributed by atoms with Crippen molar-refractivity contribution in [1.82, 2.24) is 4.90 Å². The van der Waals surface area contributed by atoms with E-state index in [1.807, 2.05) is 0 Å². The predicted molar refractivity (Wildman–Crippen MR) is 55.2 cm³/mol. The van der Waals surface area contributed by atoms with Crippen LogP contribution < -0.4 is 0 Å². The molecule has 76 valence electrons. The van der Waals surface area contributed by atoms with Gasteiger partial charge >= 0.3 is 0 Å². The first-order valence-electron chi connectivity index (χ1n) is 4.68. The SMILES string of the molecule is C.CCC.OCN1CCCCC1. The Morgan fingerprint density at radius 3 is 1.75 bits per heavy atom. The van der Waals surface area contributed by atoms with E-state index in [1.165, 1.54) is 25.7 Å². The van der Waals surface area contributed by atoms with Gasteiger partial charge in [0.05, 0.1) is 6.73 Å². The van der Waals surface area contributed by atoms with E-state index in [0.29, 0.717) is 0 Å². The fraction of sp³-hybridized carbons (Fsp3) is 1.00. The van der Waals surface area contributed by atoms with E-state index in [1.54, 1.807) is 0 Å². The van der Waals surface area contributed by atoms with Gasteiger partial charge in [-0.05, 0) is 12.8 Å².